The lowest BCUT2D eigenvalue weighted by Gasteiger charge is -2.36. The van der Waals surface area contributed by atoms with E-state index in [-0.39, 0.29) is 23.3 Å². The molecule has 0 saturated heterocycles. The van der Waals surface area contributed by atoms with E-state index in [0.29, 0.717) is 13.0 Å². The number of carbonyl (C=O) groups is 1. The van der Waals surface area contributed by atoms with Gasteiger partial charge in [-0.15, -0.1) is 0 Å². The number of nitrogens with one attached hydrogen (secondary N) is 1. The molecule has 4 heteroatoms. The van der Waals surface area contributed by atoms with Crippen molar-refractivity contribution < 1.29 is 4.79 Å². The van der Waals surface area contributed by atoms with Gasteiger partial charge in [-0.25, -0.2) is 0 Å². The van der Waals surface area contributed by atoms with Gasteiger partial charge in [-0.3, -0.25) is 4.79 Å². The van der Waals surface area contributed by atoms with E-state index in [0.717, 1.165) is 32.1 Å². The van der Waals surface area contributed by atoms with Gasteiger partial charge in [-0.1, -0.05) is 19.3 Å². The van der Waals surface area contributed by atoms with Crippen molar-refractivity contribution in [2.45, 2.75) is 63.8 Å². The van der Waals surface area contributed by atoms with E-state index in [1.807, 2.05) is 0 Å². The van der Waals surface area contributed by atoms with Crippen LogP contribution in [-0.4, -0.2) is 18.5 Å². The molecule has 0 radical (unpaired) electrons. The van der Waals surface area contributed by atoms with Gasteiger partial charge >= 0.3 is 0 Å². The SMILES string of the molecule is N#CC1CCCC1NC(=O)CC1(CN)CCCCC1. The molecule has 0 aliphatic heterocycles. The van der Waals surface area contributed by atoms with Crippen molar-refractivity contribution in [3.05, 3.63) is 0 Å². The van der Waals surface area contributed by atoms with E-state index in [1.165, 1.54) is 19.3 Å². The Kier molecular flexibility index (Phi) is 4.81. The minimum Gasteiger partial charge on any atom is -0.352 e. The third-order valence-electron chi connectivity index (χ3n) is 4.91. The van der Waals surface area contributed by atoms with Crippen molar-refractivity contribution in [2.75, 3.05) is 6.54 Å². The Bertz CT molecular complexity index is 355. The zero-order valence-corrected chi connectivity index (χ0v) is 11.7. The molecule has 1 amide bonds. The monoisotopic (exact) mass is 263 g/mol. The predicted molar refractivity (Wildman–Crippen MR) is 74.1 cm³/mol. The Labute approximate surface area is 115 Å². The van der Waals surface area contributed by atoms with E-state index in [9.17, 15) is 4.79 Å². The fourth-order valence-corrected chi connectivity index (χ4v) is 3.64. The summed E-state index contributed by atoms with van der Waals surface area (Å²) in [5, 5.41) is 12.1. The van der Waals surface area contributed by atoms with Crippen molar-refractivity contribution in [1.29, 1.82) is 5.26 Å². The van der Waals surface area contributed by atoms with Crippen LogP contribution in [0.15, 0.2) is 0 Å². The lowest BCUT2D eigenvalue weighted by molar-refractivity contribution is -0.124. The number of hydrogen-bond acceptors (Lipinski definition) is 3. The van der Waals surface area contributed by atoms with E-state index >= 15 is 0 Å². The first-order valence-electron chi connectivity index (χ1n) is 7.58. The van der Waals surface area contributed by atoms with Gasteiger partial charge in [0.15, 0.2) is 0 Å². The third kappa shape index (κ3) is 3.48. The van der Waals surface area contributed by atoms with Crippen LogP contribution < -0.4 is 11.1 Å². The number of nitrogens with two attached hydrogens (primary N) is 1. The summed E-state index contributed by atoms with van der Waals surface area (Å²) in [6.45, 7) is 0.604. The summed E-state index contributed by atoms with van der Waals surface area (Å²) in [7, 11) is 0. The van der Waals surface area contributed by atoms with Gasteiger partial charge in [0.05, 0.1) is 12.0 Å². The number of nitriles is 1. The molecule has 0 bridgehead atoms. The quantitative estimate of drug-likeness (QED) is 0.815. The second-order valence-electron chi connectivity index (χ2n) is 6.28. The lowest BCUT2D eigenvalue weighted by Crippen LogP contribution is -2.42. The topological polar surface area (TPSA) is 78.9 Å². The summed E-state index contributed by atoms with van der Waals surface area (Å²) in [5.41, 5.74) is 5.93. The Morgan fingerprint density at radius 2 is 2.00 bits per heavy atom. The molecule has 0 aromatic rings. The van der Waals surface area contributed by atoms with Crippen molar-refractivity contribution >= 4 is 5.91 Å². The zero-order valence-electron chi connectivity index (χ0n) is 11.7. The average Bonchev–Trinajstić information content (AvgIpc) is 2.86. The van der Waals surface area contributed by atoms with Gasteiger partial charge in [0.2, 0.25) is 5.91 Å². The molecular formula is C15H25N3O. The number of hydrogen-bond donors (Lipinski definition) is 2. The highest BCUT2D eigenvalue weighted by molar-refractivity contribution is 5.77. The largest absolute Gasteiger partial charge is 0.352 e. The Balaban J connectivity index is 1.88. The number of amides is 1. The van der Waals surface area contributed by atoms with E-state index < -0.39 is 0 Å². The summed E-state index contributed by atoms with van der Waals surface area (Å²) in [4.78, 5) is 12.2. The fourth-order valence-electron chi connectivity index (χ4n) is 3.64. The van der Waals surface area contributed by atoms with Crippen molar-refractivity contribution in [2.24, 2.45) is 17.1 Å². The Morgan fingerprint density at radius 1 is 1.26 bits per heavy atom. The second-order valence-corrected chi connectivity index (χ2v) is 6.28. The zero-order chi connectivity index (χ0) is 13.7. The second kappa shape index (κ2) is 6.38. The molecular weight excluding hydrogens is 238 g/mol. The minimum atomic E-state index is 0.00383. The summed E-state index contributed by atoms with van der Waals surface area (Å²) in [5.74, 6) is 0.101. The van der Waals surface area contributed by atoms with Gasteiger partial charge in [0.25, 0.3) is 0 Å². The molecule has 0 heterocycles. The molecule has 2 atom stereocenters. The van der Waals surface area contributed by atoms with E-state index in [2.05, 4.69) is 11.4 Å². The van der Waals surface area contributed by atoms with Crippen LogP contribution in [-0.2, 0) is 4.79 Å². The van der Waals surface area contributed by atoms with Crippen molar-refractivity contribution in [3.63, 3.8) is 0 Å². The molecule has 3 N–H and O–H groups in total. The fraction of sp³-hybridized carbons (Fsp3) is 0.867. The first-order valence-corrected chi connectivity index (χ1v) is 7.58. The number of rotatable bonds is 4. The van der Waals surface area contributed by atoms with Crippen LogP contribution >= 0.6 is 0 Å². The molecule has 0 aromatic heterocycles. The summed E-state index contributed by atoms with van der Waals surface area (Å²) >= 11 is 0. The maximum atomic E-state index is 12.2. The molecule has 2 unspecified atom stereocenters. The standard InChI is InChI=1S/C15H25N3O/c16-10-12-5-4-6-13(12)18-14(19)9-15(11-17)7-2-1-3-8-15/h12-13H,1-9,11,17H2,(H,18,19). The molecule has 2 aliphatic rings. The van der Waals surface area contributed by atoms with Crippen molar-refractivity contribution in [3.8, 4) is 6.07 Å². The molecule has 0 spiro atoms. The Hall–Kier alpha value is -1.08. The first kappa shape index (κ1) is 14.3. The molecule has 0 aromatic carbocycles. The molecule has 4 nitrogen and oxygen atoms in total. The maximum absolute atomic E-state index is 12.2. The van der Waals surface area contributed by atoms with Gasteiger partial charge in [0.1, 0.15) is 0 Å². The molecule has 2 saturated carbocycles. The molecule has 2 rings (SSSR count). The van der Waals surface area contributed by atoms with Crippen LogP contribution in [0, 0.1) is 22.7 Å². The molecule has 106 valence electrons. The predicted octanol–water partition coefficient (Wildman–Crippen LogP) is 2.09. The number of nitrogens with zero attached hydrogens (tertiary/aromatic N) is 1. The molecule has 19 heavy (non-hydrogen) atoms. The van der Waals surface area contributed by atoms with Crippen LogP contribution in [0.4, 0.5) is 0 Å². The molecule has 2 fully saturated rings. The number of carbonyl (C=O) groups excluding carboxylic acids is 1. The van der Waals surface area contributed by atoms with Gasteiger partial charge in [-0.2, -0.15) is 5.26 Å². The highest BCUT2D eigenvalue weighted by Gasteiger charge is 2.35. The van der Waals surface area contributed by atoms with E-state index in [4.69, 9.17) is 11.0 Å². The highest BCUT2D eigenvalue weighted by Crippen LogP contribution is 2.38. The van der Waals surface area contributed by atoms with Gasteiger partial charge in [0, 0.05) is 12.5 Å². The summed E-state index contributed by atoms with van der Waals surface area (Å²) < 4.78 is 0. The molecule has 2 aliphatic carbocycles. The average molecular weight is 263 g/mol. The van der Waals surface area contributed by atoms with Crippen LogP contribution in [0.1, 0.15) is 57.8 Å². The van der Waals surface area contributed by atoms with Crippen LogP contribution in [0.2, 0.25) is 0 Å². The first-order chi connectivity index (χ1) is 9.19. The van der Waals surface area contributed by atoms with Crippen LogP contribution in [0.25, 0.3) is 0 Å². The van der Waals surface area contributed by atoms with Crippen LogP contribution in [0.3, 0.4) is 0 Å². The Morgan fingerprint density at radius 3 is 2.63 bits per heavy atom. The summed E-state index contributed by atoms with van der Waals surface area (Å²) in [6.07, 6.45) is 9.24. The van der Waals surface area contributed by atoms with Gasteiger partial charge in [-0.05, 0) is 44.1 Å². The third-order valence-corrected chi connectivity index (χ3v) is 4.91. The maximum Gasteiger partial charge on any atom is 0.220 e. The van der Waals surface area contributed by atoms with Crippen LogP contribution in [0.5, 0.6) is 0 Å². The lowest BCUT2D eigenvalue weighted by atomic mass is 9.71. The van der Waals surface area contributed by atoms with Crippen molar-refractivity contribution in [1.82, 2.24) is 5.32 Å². The van der Waals surface area contributed by atoms with E-state index in [1.54, 1.807) is 0 Å². The van der Waals surface area contributed by atoms with Gasteiger partial charge < -0.3 is 11.1 Å². The highest BCUT2D eigenvalue weighted by atomic mass is 16.1. The smallest absolute Gasteiger partial charge is 0.220 e. The summed E-state index contributed by atoms with van der Waals surface area (Å²) in [6, 6.07) is 2.37. The minimum absolute atomic E-state index is 0.00383. The normalized spacial score (nSPS) is 29.7.